The number of hydrogen-bond acceptors (Lipinski definition) is 3. The molecule has 5 heteroatoms. The van der Waals surface area contributed by atoms with Crippen LogP contribution in [0.3, 0.4) is 0 Å². The van der Waals surface area contributed by atoms with Gasteiger partial charge in [-0.05, 0) is 30.7 Å². The highest BCUT2D eigenvalue weighted by atomic mass is 32.1. The summed E-state index contributed by atoms with van der Waals surface area (Å²) in [6.45, 7) is 2.02. The predicted octanol–water partition coefficient (Wildman–Crippen LogP) is 3.35. The number of carbonyl (C=O) groups is 2. The lowest BCUT2D eigenvalue weighted by Crippen LogP contribution is -2.37. The van der Waals surface area contributed by atoms with Crippen molar-refractivity contribution < 1.29 is 14.7 Å². The third-order valence-corrected chi connectivity index (χ3v) is 5.13. The summed E-state index contributed by atoms with van der Waals surface area (Å²) in [5, 5.41) is 14.4. The average molecular weight is 295 g/mol. The number of hydrogen-bond donors (Lipinski definition) is 2. The summed E-state index contributed by atoms with van der Waals surface area (Å²) < 4.78 is 0. The quantitative estimate of drug-likeness (QED) is 0.845. The number of carbonyl (C=O) groups excluding carboxylic acids is 1. The van der Waals surface area contributed by atoms with E-state index >= 15 is 0 Å². The Morgan fingerprint density at radius 1 is 1.45 bits per heavy atom. The molecule has 1 aliphatic rings. The monoisotopic (exact) mass is 295 g/mol. The van der Waals surface area contributed by atoms with Gasteiger partial charge >= 0.3 is 5.97 Å². The minimum atomic E-state index is -0.835. The molecule has 0 radical (unpaired) electrons. The van der Waals surface area contributed by atoms with E-state index in [1.165, 1.54) is 0 Å². The van der Waals surface area contributed by atoms with Gasteiger partial charge in [-0.1, -0.05) is 25.8 Å². The first-order valence-corrected chi connectivity index (χ1v) is 8.01. The van der Waals surface area contributed by atoms with Crippen LogP contribution in [0.1, 0.15) is 56.4 Å². The summed E-state index contributed by atoms with van der Waals surface area (Å²) in [4.78, 5) is 24.8. The first-order valence-electron chi connectivity index (χ1n) is 7.13. The molecule has 1 atom stereocenters. The molecule has 0 aromatic carbocycles. The van der Waals surface area contributed by atoms with E-state index in [1.807, 2.05) is 24.4 Å². The lowest BCUT2D eigenvalue weighted by Gasteiger charge is -2.24. The molecule has 1 aromatic rings. The second-order valence-corrected chi connectivity index (χ2v) is 6.49. The molecule has 2 N–H and O–H groups in total. The molecule has 20 heavy (non-hydrogen) atoms. The third-order valence-electron chi connectivity index (χ3n) is 4.14. The Balaban J connectivity index is 1.99. The van der Waals surface area contributed by atoms with Crippen LogP contribution in [0.5, 0.6) is 0 Å². The summed E-state index contributed by atoms with van der Waals surface area (Å²) >= 11 is 1.61. The van der Waals surface area contributed by atoms with Crippen molar-refractivity contribution in [3.05, 3.63) is 22.4 Å². The fraction of sp³-hybridized carbons (Fsp3) is 0.600. The number of thiophene rings is 1. The van der Waals surface area contributed by atoms with Gasteiger partial charge in [-0.25, -0.2) is 0 Å². The Bertz CT molecular complexity index is 463. The molecule has 0 spiro atoms. The Morgan fingerprint density at radius 3 is 2.65 bits per heavy atom. The van der Waals surface area contributed by atoms with Crippen molar-refractivity contribution in [1.29, 1.82) is 0 Å². The van der Waals surface area contributed by atoms with Crippen molar-refractivity contribution in [2.45, 2.75) is 51.5 Å². The summed E-state index contributed by atoms with van der Waals surface area (Å²) in [5.41, 5.74) is -0.835. The smallest absolute Gasteiger partial charge is 0.310 e. The van der Waals surface area contributed by atoms with Gasteiger partial charge in [0.05, 0.1) is 11.5 Å². The molecule has 0 aliphatic heterocycles. The van der Waals surface area contributed by atoms with E-state index in [1.54, 1.807) is 11.3 Å². The summed E-state index contributed by atoms with van der Waals surface area (Å²) in [6.07, 6.45) is 3.96. The highest BCUT2D eigenvalue weighted by molar-refractivity contribution is 7.10. The molecule has 1 amide bonds. The molecule has 1 fully saturated rings. The minimum absolute atomic E-state index is 0.00486. The number of carboxylic acid groups (broad SMARTS) is 1. The van der Waals surface area contributed by atoms with Gasteiger partial charge in [0.15, 0.2) is 0 Å². The number of rotatable bonds is 6. The zero-order valence-corrected chi connectivity index (χ0v) is 12.5. The van der Waals surface area contributed by atoms with Crippen molar-refractivity contribution in [3.8, 4) is 0 Å². The topological polar surface area (TPSA) is 66.4 Å². The molecule has 1 saturated carbocycles. The third kappa shape index (κ3) is 3.20. The summed E-state index contributed by atoms with van der Waals surface area (Å²) in [6, 6.07) is 3.96. The van der Waals surface area contributed by atoms with Gasteiger partial charge in [-0.15, -0.1) is 11.3 Å². The lowest BCUT2D eigenvalue weighted by atomic mass is 9.82. The van der Waals surface area contributed by atoms with E-state index < -0.39 is 11.4 Å². The first-order chi connectivity index (χ1) is 9.57. The van der Waals surface area contributed by atoms with Crippen LogP contribution in [0.2, 0.25) is 0 Å². The maximum atomic E-state index is 12.2. The highest BCUT2D eigenvalue weighted by Crippen LogP contribution is 2.41. The maximum absolute atomic E-state index is 12.2. The second kappa shape index (κ2) is 6.39. The number of aliphatic carboxylic acids is 1. The van der Waals surface area contributed by atoms with Crippen LogP contribution in [0.4, 0.5) is 0 Å². The van der Waals surface area contributed by atoms with Gasteiger partial charge in [0, 0.05) is 11.3 Å². The Kier molecular flexibility index (Phi) is 4.81. The number of nitrogens with one attached hydrogen (secondary N) is 1. The van der Waals surface area contributed by atoms with Crippen molar-refractivity contribution in [2.24, 2.45) is 5.41 Å². The van der Waals surface area contributed by atoms with Crippen molar-refractivity contribution in [1.82, 2.24) is 5.32 Å². The summed E-state index contributed by atoms with van der Waals surface area (Å²) in [5.74, 6) is -0.969. The van der Waals surface area contributed by atoms with Crippen molar-refractivity contribution in [2.75, 3.05) is 0 Å². The van der Waals surface area contributed by atoms with E-state index in [0.29, 0.717) is 12.8 Å². The van der Waals surface area contributed by atoms with E-state index in [4.69, 9.17) is 0 Å². The van der Waals surface area contributed by atoms with Crippen LogP contribution in [-0.4, -0.2) is 17.0 Å². The fourth-order valence-electron chi connectivity index (χ4n) is 2.93. The highest BCUT2D eigenvalue weighted by Gasteiger charge is 2.43. The molecule has 1 aliphatic carbocycles. The van der Waals surface area contributed by atoms with Crippen LogP contribution >= 0.6 is 11.3 Å². The van der Waals surface area contributed by atoms with E-state index in [-0.39, 0.29) is 18.4 Å². The number of amides is 1. The van der Waals surface area contributed by atoms with Crippen LogP contribution < -0.4 is 5.32 Å². The van der Waals surface area contributed by atoms with Crippen LogP contribution in [0.15, 0.2) is 17.5 Å². The Labute approximate surface area is 123 Å². The molecular formula is C15H21NO3S. The average Bonchev–Trinajstić information content (AvgIpc) is 3.07. The van der Waals surface area contributed by atoms with Crippen molar-refractivity contribution in [3.63, 3.8) is 0 Å². The van der Waals surface area contributed by atoms with Gasteiger partial charge in [-0.2, -0.15) is 0 Å². The predicted molar refractivity (Wildman–Crippen MR) is 78.6 cm³/mol. The zero-order valence-electron chi connectivity index (χ0n) is 11.7. The van der Waals surface area contributed by atoms with Gasteiger partial charge in [0.2, 0.25) is 5.91 Å². The van der Waals surface area contributed by atoms with Crippen LogP contribution in [-0.2, 0) is 9.59 Å². The fourth-order valence-corrected chi connectivity index (χ4v) is 3.80. The Hall–Kier alpha value is -1.36. The molecule has 110 valence electrons. The molecule has 1 heterocycles. The zero-order chi connectivity index (χ0) is 14.6. The van der Waals surface area contributed by atoms with E-state index in [2.05, 4.69) is 5.32 Å². The largest absolute Gasteiger partial charge is 0.481 e. The van der Waals surface area contributed by atoms with Gasteiger partial charge in [0.25, 0.3) is 0 Å². The minimum Gasteiger partial charge on any atom is -0.481 e. The number of carboxylic acids is 1. The summed E-state index contributed by atoms with van der Waals surface area (Å²) in [7, 11) is 0. The van der Waals surface area contributed by atoms with Gasteiger partial charge in [-0.3, -0.25) is 9.59 Å². The van der Waals surface area contributed by atoms with Crippen LogP contribution in [0, 0.1) is 5.41 Å². The lowest BCUT2D eigenvalue weighted by molar-refractivity contribution is -0.151. The maximum Gasteiger partial charge on any atom is 0.310 e. The van der Waals surface area contributed by atoms with Crippen molar-refractivity contribution >= 4 is 23.2 Å². The normalized spacial score (nSPS) is 18.6. The van der Waals surface area contributed by atoms with Crippen LogP contribution in [0.25, 0.3) is 0 Å². The molecule has 1 unspecified atom stereocenters. The van der Waals surface area contributed by atoms with Gasteiger partial charge < -0.3 is 10.4 Å². The molecular weight excluding hydrogens is 274 g/mol. The second-order valence-electron chi connectivity index (χ2n) is 5.51. The van der Waals surface area contributed by atoms with Gasteiger partial charge in [0.1, 0.15) is 0 Å². The molecule has 0 bridgehead atoms. The molecule has 4 nitrogen and oxygen atoms in total. The first kappa shape index (κ1) is 15.0. The van der Waals surface area contributed by atoms with E-state index in [9.17, 15) is 14.7 Å². The molecule has 1 aromatic heterocycles. The molecule has 0 saturated heterocycles. The standard InChI is InChI=1S/C15H21NO3S/c1-2-11(12-6-5-9-20-12)16-13(17)10-15(14(18)19)7-3-4-8-15/h5-6,9,11H,2-4,7-8,10H2,1H3,(H,16,17)(H,18,19). The van der Waals surface area contributed by atoms with E-state index in [0.717, 1.165) is 24.1 Å². The Morgan fingerprint density at radius 2 is 2.15 bits per heavy atom. The molecule has 2 rings (SSSR count). The SMILES string of the molecule is CCC(NC(=O)CC1(C(=O)O)CCCC1)c1cccs1.